The number of nitrogens with two attached hydrogens (primary N) is 1. The molecule has 1 saturated carbocycles. The van der Waals surface area contributed by atoms with Gasteiger partial charge in [0.1, 0.15) is 5.52 Å². The Bertz CT molecular complexity index is 488. The normalized spacial score (nSPS) is 15.6. The molecular weight excluding hydrogens is 202 g/mol. The van der Waals surface area contributed by atoms with Crippen LogP contribution in [0.1, 0.15) is 12.8 Å². The maximum absolute atomic E-state index is 5.66. The van der Waals surface area contributed by atoms with Crippen LogP contribution in [0.15, 0.2) is 24.7 Å². The van der Waals surface area contributed by atoms with Gasteiger partial charge in [-0.15, -0.1) is 0 Å². The Kier molecular flexibility index (Phi) is 2.25. The van der Waals surface area contributed by atoms with Crippen LogP contribution < -0.4 is 10.6 Å². The van der Waals surface area contributed by atoms with E-state index in [2.05, 4.69) is 15.0 Å². The number of aromatic nitrogens is 3. The van der Waals surface area contributed by atoms with Crippen molar-refractivity contribution in [2.45, 2.75) is 18.9 Å². The average Bonchev–Trinajstić information content (AvgIpc) is 3.02. The number of hydrogen-bond acceptors (Lipinski definition) is 4. The van der Waals surface area contributed by atoms with Gasteiger partial charge in [-0.05, 0) is 18.9 Å². The van der Waals surface area contributed by atoms with Crippen LogP contribution in [0.2, 0.25) is 0 Å². The summed E-state index contributed by atoms with van der Waals surface area (Å²) in [4.78, 5) is 6.77. The van der Waals surface area contributed by atoms with E-state index in [4.69, 9.17) is 5.73 Å². The van der Waals surface area contributed by atoms with E-state index in [1.165, 1.54) is 12.8 Å². The average molecular weight is 217 g/mol. The number of anilines is 1. The Morgan fingerprint density at radius 3 is 3.06 bits per heavy atom. The van der Waals surface area contributed by atoms with Crippen molar-refractivity contribution in [3.05, 3.63) is 24.7 Å². The highest BCUT2D eigenvalue weighted by Gasteiger charge is 2.30. The van der Waals surface area contributed by atoms with E-state index in [-0.39, 0.29) is 0 Å². The molecule has 0 saturated heterocycles. The lowest BCUT2D eigenvalue weighted by atomic mass is 10.4. The van der Waals surface area contributed by atoms with E-state index in [1.54, 1.807) is 12.4 Å². The summed E-state index contributed by atoms with van der Waals surface area (Å²) in [6.45, 7) is 1.52. The molecule has 0 bridgehead atoms. The van der Waals surface area contributed by atoms with Crippen molar-refractivity contribution in [1.29, 1.82) is 0 Å². The van der Waals surface area contributed by atoms with Crippen molar-refractivity contribution in [3.8, 4) is 0 Å². The molecular formula is C11H15N5. The smallest absolute Gasteiger partial charge is 0.154 e. The number of nitrogens with zero attached hydrogens (tertiary/aromatic N) is 4. The van der Waals surface area contributed by atoms with E-state index in [9.17, 15) is 0 Å². The first-order chi connectivity index (χ1) is 7.90. The zero-order valence-corrected chi connectivity index (χ0v) is 9.08. The quantitative estimate of drug-likeness (QED) is 0.817. The highest BCUT2D eigenvalue weighted by atomic mass is 15.3. The Morgan fingerprint density at radius 2 is 2.31 bits per heavy atom. The van der Waals surface area contributed by atoms with Crippen LogP contribution >= 0.6 is 0 Å². The van der Waals surface area contributed by atoms with E-state index in [0.29, 0.717) is 12.6 Å². The molecule has 2 aromatic rings. The van der Waals surface area contributed by atoms with E-state index in [1.807, 2.05) is 16.8 Å². The lowest BCUT2D eigenvalue weighted by Gasteiger charge is -2.23. The van der Waals surface area contributed by atoms with Crippen molar-refractivity contribution in [3.63, 3.8) is 0 Å². The van der Waals surface area contributed by atoms with Gasteiger partial charge in [-0.3, -0.25) is 0 Å². The fourth-order valence-corrected chi connectivity index (χ4v) is 2.05. The second-order valence-corrected chi connectivity index (χ2v) is 4.13. The van der Waals surface area contributed by atoms with Gasteiger partial charge >= 0.3 is 0 Å². The Morgan fingerprint density at radius 1 is 1.44 bits per heavy atom. The Hall–Kier alpha value is -1.62. The van der Waals surface area contributed by atoms with Crippen molar-refractivity contribution in [2.75, 3.05) is 18.0 Å². The molecule has 2 aromatic heterocycles. The van der Waals surface area contributed by atoms with Crippen molar-refractivity contribution in [1.82, 2.24) is 14.6 Å². The minimum Gasteiger partial charge on any atom is -0.351 e. The van der Waals surface area contributed by atoms with Crippen LogP contribution in [0, 0.1) is 0 Å². The molecule has 0 unspecified atom stereocenters. The lowest BCUT2D eigenvalue weighted by molar-refractivity contribution is 0.768. The maximum Gasteiger partial charge on any atom is 0.154 e. The topological polar surface area (TPSA) is 59.5 Å². The zero-order valence-electron chi connectivity index (χ0n) is 9.08. The molecule has 0 atom stereocenters. The molecule has 1 aliphatic carbocycles. The summed E-state index contributed by atoms with van der Waals surface area (Å²) in [5.41, 5.74) is 6.72. The second kappa shape index (κ2) is 3.75. The molecule has 16 heavy (non-hydrogen) atoms. The summed E-state index contributed by atoms with van der Waals surface area (Å²) in [5, 5.41) is 4.22. The van der Waals surface area contributed by atoms with Gasteiger partial charge in [0.2, 0.25) is 0 Å². The summed E-state index contributed by atoms with van der Waals surface area (Å²) >= 11 is 0. The monoisotopic (exact) mass is 217 g/mol. The predicted molar refractivity (Wildman–Crippen MR) is 62.4 cm³/mol. The molecule has 0 aromatic carbocycles. The number of rotatable bonds is 4. The summed E-state index contributed by atoms with van der Waals surface area (Å²) in [6, 6.07) is 2.62. The van der Waals surface area contributed by atoms with Crippen molar-refractivity contribution in [2.24, 2.45) is 5.73 Å². The van der Waals surface area contributed by atoms with Crippen LogP contribution in [0.4, 0.5) is 5.82 Å². The summed E-state index contributed by atoms with van der Waals surface area (Å²) in [5.74, 6) is 1.01. The van der Waals surface area contributed by atoms with Crippen LogP contribution in [0.5, 0.6) is 0 Å². The number of fused-ring (bicyclic) bond motifs is 1. The van der Waals surface area contributed by atoms with Gasteiger partial charge in [-0.25, -0.2) is 9.50 Å². The second-order valence-electron chi connectivity index (χ2n) is 4.13. The van der Waals surface area contributed by atoms with E-state index < -0.39 is 0 Å². The van der Waals surface area contributed by atoms with Crippen LogP contribution in [-0.4, -0.2) is 33.7 Å². The SMILES string of the molecule is NCCN(c1nccn2nccc12)C1CC1. The molecule has 2 heterocycles. The first-order valence-electron chi connectivity index (χ1n) is 5.65. The van der Waals surface area contributed by atoms with Crippen LogP contribution in [-0.2, 0) is 0 Å². The third kappa shape index (κ3) is 1.53. The highest BCUT2D eigenvalue weighted by molar-refractivity contribution is 5.69. The fraction of sp³-hybridized carbons (Fsp3) is 0.455. The van der Waals surface area contributed by atoms with Crippen LogP contribution in [0.25, 0.3) is 5.52 Å². The summed E-state index contributed by atoms with van der Waals surface area (Å²) in [7, 11) is 0. The molecule has 1 aliphatic rings. The Balaban J connectivity index is 2.04. The standard InChI is InChI=1S/C11H15N5/c12-4-7-15(9-1-2-9)11-10-3-5-14-16(10)8-6-13-11/h3,5-6,8-9H,1-2,4,7,12H2. The van der Waals surface area contributed by atoms with Gasteiger partial charge in [-0.1, -0.05) is 0 Å². The zero-order chi connectivity index (χ0) is 11.0. The Labute approximate surface area is 93.9 Å². The lowest BCUT2D eigenvalue weighted by Crippen LogP contribution is -2.32. The van der Waals surface area contributed by atoms with Crippen LogP contribution in [0.3, 0.4) is 0 Å². The summed E-state index contributed by atoms with van der Waals surface area (Å²) in [6.07, 6.45) is 7.95. The van der Waals surface area contributed by atoms with E-state index >= 15 is 0 Å². The maximum atomic E-state index is 5.66. The van der Waals surface area contributed by atoms with Gasteiger partial charge in [-0.2, -0.15) is 5.10 Å². The molecule has 5 heteroatoms. The van der Waals surface area contributed by atoms with Crippen molar-refractivity contribution < 1.29 is 0 Å². The third-order valence-electron chi connectivity index (χ3n) is 2.93. The molecule has 84 valence electrons. The molecule has 2 N–H and O–H groups in total. The highest BCUT2D eigenvalue weighted by Crippen LogP contribution is 2.31. The van der Waals surface area contributed by atoms with Gasteiger partial charge < -0.3 is 10.6 Å². The fourth-order valence-electron chi connectivity index (χ4n) is 2.05. The van der Waals surface area contributed by atoms with Gasteiger partial charge in [0.15, 0.2) is 5.82 Å². The summed E-state index contributed by atoms with van der Waals surface area (Å²) < 4.78 is 1.86. The number of hydrogen-bond donors (Lipinski definition) is 1. The van der Waals surface area contributed by atoms with Crippen molar-refractivity contribution >= 4 is 11.3 Å². The molecule has 5 nitrogen and oxygen atoms in total. The molecule has 3 rings (SSSR count). The molecule has 0 aliphatic heterocycles. The first kappa shape index (κ1) is 9.59. The largest absolute Gasteiger partial charge is 0.351 e. The van der Waals surface area contributed by atoms with Gasteiger partial charge in [0.25, 0.3) is 0 Å². The molecule has 0 radical (unpaired) electrons. The van der Waals surface area contributed by atoms with Gasteiger partial charge in [0.05, 0.1) is 6.20 Å². The predicted octanol–water partition coefficient (Wildman–Crippen LogP) is 0.657. The minimum absolute atomic E-state index is 0.622. The first-order valence-corrected chi connectivity index (χ1v) is 5.65. The molecule has 0 amide bonds. The molecule has 1 fully saturated rings. The van der Waals surface area contributed by atoms with Gasteiger partial charge in [0, 0.05) is 31.5 Å². The third-order valence-corrected chi connectivity index (χ3v) is 2.93. The minimum atomic E-state index is 0.622. The molecule has 0 spiro atoms. The van der Waals surface area contributed by atoms with E-state index in [0.717, 1.165) is 17.9 Å².